The third-order valence-electron chi connectivity index (χ3n) is 4.21. The molecule has 27 heavy (non-hydrogen) atoms. The molecule has 0 aliphatic heterocycles. The minimum absolute atomic E-state index is 0.448. The molecule has 2 N–H and O–H groups in total. The summed E-state index contributed by atoms with van der Waals surface area (Å²) in [7, 11) is 0. The molecule has 1 heterocycles. The van der Waals surface area contributed by atoms with E-state index in [0.717, 1.165) is 22.4 Å². The van der Waals surface area contributed by atoms with Gasteiger partial charge in [0.1, 0.15) is 18.4 Å². The molecule has 0 aliphatic rings. The Morgan fingerprint density at radius 1 is 0.926 bits per heavy atom. The third-order valence-corrected chi connectivity index (χ3v) is 4.21. The van der Waals surface area contributed by atoms with Crippen LogP contribution in [0.15, 0.2) is 79.1 Å². The third kappa shape index (κ3) is 5.94. The lowest BCUT2D eigenvalue weighted by atomic mass is 10.1. The molecule has 3 aromatic rings. The van der Waals surface area contributed by atoms with Gasteiger partial charge in [0.15, 0.2) is 0 Å². The maximum atomic E-state index is 11.5. The fourth-order valence-electron chi connectivity index (χ4n) is 2.69. The Morgan fingerprint density at radius 2 is 1.63 bits per heavy atom. The summed E-state index contributed by atoms with van der Waals surface area (Å²) in [5, 5.41) is 12.6. The number of ether oxygens (including phenoxy) is 1. The molecule has 138 valence electrons. The molecule has 0 bridgehead atoms. The molecule has 0 amide bonds. The normalized spacial score (nSPS) is 11.7. The van der Waals surface area contributed by atoms with Crippen LogP contribution in [0.25, 0.3) is 0 Å². The first-order valence-electron chi connectivity index (χ1n) is 8.81. The van der Waals surface area contributed by atoms with Gasteiger partial charge in [-0.15, -0.1) is 0 Å². The van der Waals surface area contributed by atoms with Gasteiger partial charge in [-0.25, -0.2) is 0 Å². The zero-order chi connectivity index (χ0) is 18.9. The molecule has 1 atom stereocenters. The molecule has 0 spiro atoms. The summed E-state index contributed by atoms with van der Waals surface area (Å²) >= 11 is 0. The van der Waals surface area contributed by atoms with E-state index in [1.165, 1.54) is 0 Å². The SMILES string of the molecule is O=C(O)C(Cc1ccccc1)NCc1ccc(OCc2ccncc2)cc1. The van der Waals surface area contributed by atoms with Crippen LogP contribution in [0.3, 0.4) is 0 Å². The molecule has 1 aromatic heterocycles. The molecule has 2 aromatic carbocycles. The number of pyridine rings is 1. The number of rotatable bonds is 9. The van der Waals surface area contributed by atoms with E-state index in [9.17, 15) is 9.90 Å². The Kier molecular flexibility index (Phi) is 6.55. The van der Waals surface area contributed by atoms with Crippen molar-refractivity contribution in [3.63, 3.8) is 0 Å². The summed E-state index contributed by atoms with van der Waals surface area (Å²) in [6.07, 6.45) is 3.92. The van der Waals surface area contributed by atoms with Gasteiger partial charge >= 0.3 is 5.97 Å². The van der Waals surface area contributed by atoms with Gasteiger partial charge in [-0.1, -0.05) is 42.5 Å². The van der Waals surface area contributed by atoms with Crippen LogP contribution in [0.4, 0.5) is 0 Å². The summed E-state index contributed by atoms with van der Waals surface area (Å²) in [4.78, 5) is 15.5. The van der Waals surface area contributed by atoms with Gasteiger partial charge in [0, 0.05) is 18.9 Å². The van der Waals surface area contributed by atoms with E-state index in [2.05, 4.69) is 10.3 Å². The fraction of sp³-hybridized carbons (Fsp3) is 0.182. The van der Waals surface area contributed by atoms with Crippen molar-refractivity contribution in [3.05, 3.63) is 95.8 Å². The number of hydrogen-bond donors (Lipinski definition) is 2. The standard InChI is InChI=1S/C22H22N2O3/c25-22(26)21(14-17-4-2-1-3-5-17)24-15-18-6-8-20(9-7-18)27-16-19-10-12-23-13-11-19/h1-13,21,24H,14-16H2,(H,25,26). The molecule has 0 fully saturated rings. The van der Waals surface area contributed by atoms with Crippen LogP contribution in [0.1, 0.15) is 16.7 Å². The minimum atomic E-state index is -0.851. The van der Waals surface area contributed by atoms with Crippen molar-refractivity contribution in [3.8, 4) is 5.75 Å². The highest BCUT2D eigenvalue weighted by molar-refractivity contribution is 5.73. The molecule has 0 radical (unpaired) electrons. The number of aliphatic carboxylic acids is 1. The van der Waals surface area contributed by atoms with Crippen LogP contribution in [0.2, 0.25) is 0 Å². The number of nitrogens with zero attached hydrogens (tertiary/aromatic N) is 1. The Morgan fingerprint density at radius 3 is 2.30 bits per heavy atom. The van der Waals surface area contributed by atoms with E-state index < -0.39 is 12.0 Å². The van der Waals surface area contributed by atoms with E-state index in [-0.39, 0.29) is 0 Å². The number of nitrogens with one attached hydrogen (secondary N) is 1. The number of carboxylic acid groups (broad SMARTS) is 1. The summed E-state index contributed by atoms with van der Waals surface area (Å²) < 4.78 is 5.75. The second kappa shape index (κ2) is 9.50. The van der Waals surface area contributed by atoms with E-state index in [0.29, 0.717) is 19.6 Å². The van der Waals surface area contributed by atoms with Crippen molar-refractivity contribution in [2.75, 3.05) is 0 Å². The molecule has 0 aliphatic carbocycles. The zero-order valence-electron chi connectivity index (χ0n) is 14.9. The molecular weight excluding hydrogens is 340 g/mol. The van der Waals surface area contributed by atoms with Crippen molar-refractivity contribution in [2.45, 2.75) is 25.6 Å². The zero-order valence-corrected chi connectivity index (χ0v) is 14.9. The van der Waals surface area contributed by atoms with Gasteiger partial charge in [-0.3, -0.25) is 9.78 Å². The van der Waals surface area contributed by atoms with Crippen molar-refractivity contribution in [1.82, 2.24) is 10.3 Å². The molecule has 0 saturated carbocycles. The lowest BCUT2D eigenvalue weighted by Crippen LogP contribution is -2.38. The van der Waals surface area contributed by atoms with Crippen LogP contribution in [0.5, 0.6) is 5.75 Å². The van der Waals surface area contributed by atoms with Crippen molar-refractivity contribution in [1.29, 1.82) is 0 Å². The lowest BCUT2D eigenvalue weighted by molar-refractivity contribution is -0.139. The topological polar surface area (TPSA) is 71.5 Å². The maximum Gasteiger partial charge on any atom is 0.321 e. The highest BCUT2D eigenvalue weighted by Gasteiger charge is 2.17. The van der Waals surface area contributed by atoms with Crippen molar-refractivity contribution >= 4 is 5.97 Å². The fourth-order valence-corrected chi connectivity index (χ4v) is 2.69. The van der Waals surface area contributed by atoms with Gasteiger partial charge in [0.25, 0.3) is 0 Å². The van der Waals surface area contributed by atoms with Gasteiger partial charge in [-0.2, -0.15) is 0 Å². The average molecular weight is 362 g/mol. The first-order valence-corrected chi connectivity index (χ1v) is 8.81. The quantitative estimate of drug-likeness (QED) is 0.610. The van der Waals surface area contributed by atoms with Crippen LogP contribution >= 0.6 is 0 Å². The number of benzene rings is 2. The second-order valence-electron chi connectivity index (χ2n) is 6.25. The van der Waals surface area contributed by atoms with E-state index in [4.69, 9.17) is 4.74 Å². The first-order chi connectivity index (χ1) is 13.2. The molecule has 3 rings (SSSR count). The average Bonchev–Trinajstić information content (AvgIpc) is 2.71. The maximum absolute atomic E-state index is 11.5. The Bertz CT molecular complexity index is 836. The number of carboxylic acids is 1. The van der Waals surface area contributed by atoms with Crippen molar-refractivity contribution in [2.24, 2.45) is 0 Å². The minimum Gasteiger partial charge on any atom is -0.489 e. The van der Waals surface area contributed by atoms with Crippen molar-refractivity contribution < 1.29 is 14.6 Å². The largest absolute Gasteiger partial charge is 0.489 e. The molecular formula is C22H22N2O3. The predicted molar refractivity (Wildman–Crippen MR) is 103 cm³/mol. The molecule has 1 unspecified atom stereocenters. The highest BCUT2D eigenvalue weighted by Crippen LogP contribution is 2.14. The van der Waals surface area contributed by atoms with Crippen LogP contribution < -0.4 is 10.1 Å². The van der Waals surface area contributed by atoms with Gasteiger partial charge in [0.05, 0.1) is 0 Å². The second-order valence-corrected chi connectivity index (χ2v) is 6.25. The highest BCUT2D eigenvalue weighted by atomic mass is 16.5. The number of aromatic nitrogens is 1. The summed E-state index contributed by atoms with van der Waals surface area (Å²) in [5.41, 5.74) is 3.06. The Balaban J connectivity index is 1.51. The smallest absolute Gasteiger partial charge is 0.321 e. The predicted octanol–water partition coefficient (Wildman–Crippen LogP) is 3.45. The van der Waals surface area contributed by atoms with Gasteiger partial charge in [0.2, 0.25) is 0 Å². The summed E-state index contributed by atoms with van der Waals surface area (Å²) in [5.74, 6) is -0.0780. The Labute approximate surface area is 158 Å². The summed E-state index contributed by atoms with van der Waals surface area (Å²) in [6, 6.07) is 20.5. The molecule has 0 saturated heterocycles. The van der Waals surface area contributed by atoms with Gasteiger partial charge in [-0.05, 0) is 47.4 Å². The Hall–Kier alpha value is -3.18. The van der Waals surface area contributed by atoms with E-state index in [1.807, 2.05) is 66.7 Å². The monoisotopic (exact) mass is 362 g/mol. The van der Waals surface area contributed by atoms with E-state index in [1.54, 1.807) is 12.4 Å². The van der Waals surface area contributed by atoms with E-state index >= 15 is 0 Å². The first kappa shape index (κ1) is 18.6. The van der Waals surface area contributed by atoms with Crippen LogP contribution in [-0.2, 0) is 24.4 Å². The lowest BCUT2D eigenvalue weighted by Gasteiger charge is -2.15. The van der Waals surface area contributed by atoms with Gasteiger partial charge < -0.3 is 15.2 Å². The number of carbonyl (C=O) groups is 1. The van der Waals surface area contributed by atoms with Crippen LogP contribution in [0, 0.1) is 0 Å². The molecule has 5 heteroatoms. The van der Waals surface area contributed by atoms with Crippen LogP contribution in [-0.4, -0.2) is 22.1 Å². The summed E-state index contributed by atoms with van der Waals surface area (Å²) in [6.45, 7) is 0.965. The number of hydrogen-bond acceptors (Lipinski definition) is 4. The molecule has 5 nitrogen and oxygen atoms in total.